The van der Waals surface area contributed by atoms with Gasteiger partial charge in [0.2, 0.25) is 0 Å². The minimum Gasteiger partial charge on any atom is -0.366 e. The van der Waals surface area contributed by atoms with Crippen LogP contribution >= 0.6 is 0 Å². The molecule has 3 nitrogen and oxygen atoms in total. The number of rotatable bonds is 4. The predicted octanol–water partition coefficient (Wildman–Crippen LogP) is 1.40. The lowest BCUT2D eigenvalue weighted by molar-refractivity contribution is 0.388. The third-order valence-electron chi connectivity index (χ3n) is 2.86. The molecule has 1 aromatic rings. The van der Waals surface area contributed by atoms with Gasteiger partial charge in [-0.3, -0.25) is 4.98 Å². The third kappa shape index (κ3) is 1.87. The molecule has 2 N–H and O–H groups in total. The third-order valence-corrected chi connectivity index (χ3v) is 2.86. The fourth-order valence-corrected chi connectivity index (χ4v) is 1.88. The summed E-state index contributed by atoms with van der Waals surface area (Å²) in [6.45, 7) is 1.65. The molecule has 0 aromatic carbocycles. The molecule has 0 unspecified atom stereocenters. The Balaban J connectivity index is 2.09. The molecule has 14 heavy (non-hydrogen) atoms. The number of aromatic nitrogens is 1. The van der Waals surface area contributed by atoms with E-state index in [1.165, 1.54) is 24.9 Å². The summed E-state index contributed by atoms with van der Waals surface area (Å²) in [6, 6.07) is 4.79. The van der Waals surface area contributed by atoms with Crippen molar-refractivity contribution in [2.75, 3.05) is 18.0 Å². The van der Waals surface area contributed by atoms with Crippen molar-refractivity contribution in [1.82, 2.24) is 4.98 Å². The summed E-state index contributed by atoms with van der Waals surface area (Å²) in [5.41, 5.74) is 6.83. The van der Waals surface area contributed by atoms with Gasteiger partial charge in [-0.05, 0) is 31.4 Å². The molecule has 3 heteroatoms. The maximum Gasteiger partial charge on any atom is 0.0555 e. The highest BCUT2D eigenvalue weighted by Crippen LogP contribution is 2.28. The van der Waals surface area contributed by atoms with Gasteiger partial charge in [-0.2, -0.15) is 0 Å². The Kier molecular flexibility index (Phi) is 2.99. The highest BCUT2D eigenvalue weighted by molar-refractivity contribution is 5.45. The minimum atomic E-state index is 0.697. The van der Waals surface area contributed by atoms with E-state index in [4.69, 9.17) is 5.73 Å². The molecule has 0 saturated heterocycles. The van der Waals surface area contributed by atoms with Crippen LogP contribution in [0.25, 0.3) is 0 Å². The molecule has 1 aliphatic carbocycles. The summed E-state index contributed by atoms with van der Waals surface area (Å²) in [5.74, 6) is 0. The molecule has 0 atom stereocenters. The van der Waals surface area contributed by atoms with Gasteiger partial charge in [0.05, 0.1) is 11.9 Å². The van der Waals surface area contributed by atoms with E-state index in [9.17, 15) is 0 Å². The van der Waals surface area contributed by atoms with Gasteiger partial charge in [-0.15, -0.1) is 0 Å². The number of hydrogen-bond acceptors (Lipinski definition) is 3. The van der Waals surface area contributed by atoms with Crippen molar-refractivity contribution in [2.45, 2.75) is 25.3 Å². The highest BCUT2D eigenvalue weighted by Gasteiger charge is 2.24. The second-order valence-electron chi connectivity index (χ2n) is 3.78. The Hall–Kier alpha value is -1.09. The van der Waals surface area contributed by atoms with Gasteiger partial charge in [-0.25, -0.2) is 0 Å². The Labute approximate surface area is 84.9 Å². The molecule has 1 heterocycles. The summed E-state index contributed by atoms with van der Waals surface area (Å²) < 4.78 is 0. The van der Waals surface area contributed by atoms with Gasteiger partial charge in [0, 0.05) is 25.3 Å². The maximum atomic E-state index is 5.62. The lowest BCUT2D eigenvalue weighted by Gasteiger charge is -2.38. The largest absolute Gasteiger partial charge is 0.366 e. The number of pyridine rings is 1. The summed E-state index contributed by atoms with van der Waals surface area (Å²) >= 11 is 0. The topological polar surface area (TPSA) is 42.1 Å². The van der Waals surface area contributed by atoms with Crippen LogP contribution in [0, 0.1) is 0 Å². The van der Waals surface area contributed by atoms with Gasteiger partial charge in [0.15, 0.2) is 0 Å². The van der Waals surface area contributed by atoms with Gasteiger partial charge in [-0.1, -0.05) is 0 Å². The molecular weight excluding hydrogens is 174 g/mol. The van der Waals surface area contributed by atoms with Crippen LogP contribution in [0.5, 0.6) is 0 Å². The zero-order chi connectivity index (χ0) is 9.80. The van der Waals surface area contributed by atoms with Crippen LogP contribution in [0.3, 0.4) is 0 Å². The van der Waals surface area contributed by atoms with Crippen molar-refractivity contribution >= 4 is 5.69 Å². The van der Waals surface area contributed by atoms with E-state index in [1.54, 1.807) is 0 Å². The van der Waals surface area contributed by atoms with E-state index in [-0.39, 0.29) is 0 Å². The predicted molar refractivity (Wildman–Crippen MR) is 58.3 cm³/mol. The minimum absolute atomic E-state index is 0.697. The lowest BCUT2D eigenvalue weighted by atomic mass is 9.91. The van der Waals surface area contributed by atoms with Crippen LogP contribution in [0.2, 0.25) is 0 Å². The molecular formula is C11H17N3. The van der Waals surface area contributed by atoms with Crippen molar-refractivity contribution in [3.8, 4) is 0 Å². The smallest absolute Gasteiger partial charge is 0.0555 e. The summed E-state index contributed by atoms with van der Waals surface area (Å²) in [6.07, 6.45) is 7.69. The Bertz CT molecular complexity index is 269. The normalized spacial score (nSPS) is 16.4. The Morgan fingerprint density at radius 1 is 1.50 bits per heavy atom. The van der Waals surface area contributed by atoms with Crippen molar-refractivity contribution in [3.05, 3.63) is 24.5 Å². The molecule has 0 amide bonds. The summed E-state index contributed by atoms with van der Waals surface area (Å²) in [7, 11) is 0. The van der Waals surface area contributed by atoms with Crippen LogP contribution < -0.4 is 10.6 Å². The zero-order valence-corrected chi connectivity index (χ0v) is 8.39. The molecule has 1 saturated carbocycles. The van der Waals surface area contributed by atoms with Gasteiger partial charge >= 0.3 is 0 Å². The first kappa shape index (κ1) is 9.46. The van der Waals surface area contributed by atoms with Crippen molar-refractivity contribution in [2.24, 2.45) is 5.73 Å². The molecule has 1 fully saturated rings. The molecule has 0 bridgehead atoms. The molecule has 76 valence electrons. The first-order valence-electron chi connectivity index (χ1n) is 5.28. The summed E-state index contributed by atoms with van der Waals surface area (Å²) in [4.78, 5) is 6.53. The Morgan fingerprint density at radius 2 is 2.36 bits per heavy atom. The molecule has 1 aromatic heterocycles. The van der Waals surface area contributed by atoms with Crippen LogP contribution in [-0.2, 0) is 0 Å². The second kappa shape index (κ2) is 4.42. The van der Waals surface area contributed by atoms with Gasteiger partial charge < -0.3 is 10.6 Å². The lowest BCUT2D eigenvalue weighted by Crippen LogP contribution is -2.43. The van der Waals surface area contributed by atoms with Crippen molar-refractivity contribution in [3.63, 3.8) is 0 Å². The molecule has 0 radical (unpaired) electrons. The van der Waals surface area contributed by atoms with E-state index in [0.717, 1.165) is 6.54 Å². The van der Waals surface area contributed by atoms with Crippen LogP contribution in [0.15, 0.2) is 24.5 Å². The van der Waals surface area contributed by atoms with Crippen LogP contribution in [0.4, 0.5) is 5.69 Å². The van der Waals surface area contributed by atoms with Crippen molar-refractivity contribution < 1.29 is 0 Å². The number of hydrogen-bond donors (Lipinski definition) is 1. The second-order valence-corrected chi connectivity index (χ2v) is 3.78. The number of anilines is 1. The fourth-order valence-electron chi connectivity index (χ4n) is 1.88. The van der Waals surface area contributed by atoms with Crippen molar-refractivity contribution in [1.29, 1.82) is 0 Å². The van der Waals surface area contributed by atoms with Gasteiger partial charge in [0.1, 0.15) is 0 Å². The molecule has 0 spiro atoms. The molecule has 2 rings (SSSR count). The zero-order valence-electron chi connectivity index (χ0n) is 8.39. The monoisotopic (exact) mass is 191 g/mol. The highest BCUT2D eigenvalue weighted by atomic mass is 15.2. The number of nitrogens with two attached hydrogens (primary N) is 1. The first-order valence-corrected chi connectivity index (χ1v) is 5.28. The first-order chi connectivity index (χ1) is 6.92. The number of nitrogens with zero attached hydrogens (tertiary/aromatic N) is 2. The van der Waals surface area contributed by atoms with E-state index in [2.05, 4.69) is 16.0 Å². The SMILES string of the molecule is NCCN(c1cccnc1)C1CCC1. The average Bonchev–Trinajstić information content (AvgIpc) is 2.16. The fraction of sp³-hybridized carbons (Fsp3) is 0.545. The average molecular weight is 191 g/mol. The van der Waals surface area contributed by atoms with E-state index >= 15 is 0 Å². The van der Waals surface area contributed by atoms with Gasteiger partial charge in [0.25, 0.3) is 0 Å². The van der Waals surface area contributed by atoms with E-state index in [1.807, 2.05) is 18.5 Å². The molecule has 0 aliphatic heterocycles. The van der Waals surface area contributed by atoms with E-state index < -0.39 is 0 Å². The maximum absolute atomic E-state index is 5.62. The standard InChI is InChI=1S/C11H17N3/c12-6-8-14(10-3-1-4-10)11-5-2-7-13-9-11/h2,5,7,9-10H,1,3-4,6,8,12H2. The van der Waals surface area contributed by atoms with Crippen LogP contribution in [0.1, 0.15) is 19.3 Å². The Morgan fingerprint density at radius 3 is 2.86 bits per heavy atom. The van der Waals surface area contributed by atoms with E-state index in [0.29, 0.717) is 12.6 Å². The quantitative estimate of drug-likeness (QED) is 0.782. The molecule has 1 aliphatic rings. The summed E-state index contributed by atoms with van der Waals surface area (Å²) in [5, 5.41) is 0. The van der Waals surface area contributed by atoms with Crippen LogP contribution in [-0.4, -0.2) is 24.1 Å².